The van der Waals surface area contributed by atoms with E-state index in [0.717, 1.165) is 6.42 Å². The first-order valence-electron chi connectivity index (χ1n) is 5.92. The van der Waals surface area contributed by atoms with Crippen molar-refractivity contribution >= 4 is 22.4 Å². The van der Waals surface area contributed by atoms with Crippen LogP contribution in [0.4, 0.5) is 4.39 Å². The van der Waals surface area contributed by atoms with Gasteiger partial charge in [0.1, 0.15) is 10.7 Å². The molecule has 1 aliphatic heterocycles. The second-order valence-corrected chi connectivity index (χ2v) is 6.51. The van der Waals surface area contributed by atoms with Crippen molar-refractivity contribution in [1.29, 1.82) is 0 Å². The maximum absolute atomic E-state index is 13.7. The van der Waals surface area contributed by atoms with Crippen molar-refractivity contribution in [2.24, 2.45) is 11.7 Å². The van der Waals surface area contributed by atoms with Gasteiger partial charge in [0.05, 0.1) is 0 Å². The predicted octanol–water partition coefficient (Wildman–Crippen LogP) is 1.53. The molecule has 1 unspecified atom stereocenters. The fourth-order valence-electron chi connectivity index (χ4n) is 2.28. The van der Waals surface area contributed by atoms with E-state index in [9.17, 15) is 12.8 Å². The molecule has 1 aromatic rings. The molecule has 2 rings (SSSR count). The zero-order valence-corrected chi connectivity index (χ0v) is 12.3. The van der Waals surface area contributed by atoms with Gasteiger partial charge in [-0.15, -0.1) is 12.4 Å². The lowest BCUT2D eigenvalue weighted by molar-refractivity contribution is 0.452. The van der Waals surface area contributed by atoms with E-state index >= 15 is 0 Å². The van der Waals surface area contributed by atoms with Gasteiger partial charge >= 0.3 is 0 Å². The molecule has 1 aromatic carbocycles. The molecule has 19 heavy (non-hydrogen) atoms. The summed E-state index contributed by atoms with van der Waals surface area (Å²) in [5.41, 5.74) is 5.98. The van der Waals surface area contributed by atoms with Crippen molar-refractivity contribution in [2.45, 2.75) is 18.2 Å². The van der Waals surface area contributed by atoms with Gasteiger partial charge in [-0.25, -0.2) is 12.8 Å². The fraction of sp³-hybridized carbons (Fsp3) is 0.500. The van der Waals surface area contributed by atoms with Crippen LogP contribution >= 0.6 is 12.4 Å². The van der Waals surface area contributed by atoms with Gasteiger partial charge in [-0.3, -0.25) is 0 Å². The van der Waals surface area contributed by atoms with Crippen molar-refractivity contribution in [1.82, 2.24) is 4.31 Å². The number of benzene rings is 1. The summed E-state index contributed by atoms with van der Waals surface area (Å²) < 4.78 is 39.8. The van der Waals surface area contributed by atoms with E-state index in [2.05, 4.69) is 0 Å². The van der Waals surface area contributed by atoms with Gasteiger partial charge < -0.3 is 5.73 Å². The van der Waals surface area contributed by atoms with E-state index in [0.29, 0.717) is 25.2 Å². The van der Waals surface area contributed by atoms with Crippen molar-refractivity contribution in [3.05, 3.63) is 29.6 Å². The van der Waals surface area contributed by atoms with E-state index in [1.807, 2.05) is 0 Å². The smallest absolute Gasteiger partial charge is 0.246 e. The van der Waals surface area contributed by atoms with Crippen LogP contribution in [0.1, 0.15) is 12.0 Å². The molecule has 0 aliphatic carbocycles. The van der Waals surface area contributed by atoms with Crippen LogP contribution in [0, 0.1) is 18.7 Å². The van der Waals surface area contributed by atoms with Crippen molar-refractivity contribution in [3.8, 4) is 0 Å². The predicted molar refractivity (Wildman–Crippen MR) is 74.3 cm³/mol. The summed E-state index contributed by atoms with van der Waals surface area (Å²) in [5.74, 6) is -0.516. The molecular weight excluding hydrogens is 291 g/mol. The standard InChI is InChI=1S/C12H17FN2O2S.ClH/c1-9-3-2-4-11(13)12(9)18(16,17)15-6-5-10(7-14)8-15;/h2-4,10H,5-8,14H2,1H3;1H. The van der Waals surface area contributed by atoms with Crippen LogP contribution in [-0.2, 0) is 10.0 Å². The molecule has 1 atom stereocenters. The largest absolute Gasteiger partial charge is 0.330 e. The summed E-state index contributed by atoms with van der Waals surface area (Å²) in [7, 11) is -3.74. The summed E-state index contributed by atoms with van der Waals surface area (Å²) >= 11 is 0. The molecule has 1 aliphatic rings. The molecule has 0 amide bonds. The van der Waals surface area contributed by atoms with Gasteiger partial charge in [0, 0.05) is 13.1 Å². The van der Waals surface area contributed by atoms with Gasteiger partial charge in [-0.05, 0) is 37.4 Å². The third-order valence-corrected chi connectivity index (χ3v) is 5.39. The molecule has 0 aromatic heterocycles. The van der Waals surface area contributed by atoms with Gasteiger partial charge in [0.25, 0.3) is 0 Å². The second-order valence-electron chi connectivity index (χ2n) is 4.64. The van der Waals surface area contributed by atoms with Gasteiger partial charge in [-0.1, -0.05) is 12.1 Å². The second kappa shape index (κ2) is 6.17. The Morgan fingerprint density at radius 1 is 1.47 bits per heavy atom. The van der Waals surface area contributed by atoms with E-state index in [4.69, 9.17) is 5.73 Å². The topological polar surface area (TPSA) is 63.4 Å². The van der Waals surface area contributed by atoms with Crippen LogP contribution in [0.15, 0.2) is 23.1 Å². The minimum absolute atomic E-state index is 0. The number of sulfonamides is 1. The van der Waals surface area contributed by atoms with Crippen molar-refractivity contribution in [3.63, 3.8) is 0 Å². The lowest BCUT2D eigenvalue weighted by Gasteiger charge is -2.18. The van der Waals surface area contributed by atoms with Crippen LogP contribution in [-0.4, -0.2) is 32.4 Å². The van der Waals surface area contributed by atoms with Crippen LogP contribution in [0.5, 0.6) is 0 Å². The molecule has 1 saturated heterocycles. The Hall–Kier alpha value is -0.690. The normalized spacial score (nSPS) is 20.3. The van der Waals surface area contributed by atoms with E-state index in [-0.39, 0.29) is 23.2 Å². The molecule has 0 spiro atoms. The average Bonchev–Trinajstić information content (AvgIpc) is 2.77. The molecule has 0 bridgehead atoms. The zero-order valence-electron chi connectivity index (χ0n) is 10.7. The van der Waals surface area contributed by atoms with E-state index < -0.39 is 15.8 Å². The molecule has 4 nitrogen and oxygen atoms in total. The van der Waals surface area contributed by atoms with Crippen LogP contribution in [0.25, 0.3) is 0 Å². The lowest BCUT2D eigenvalue weighted by atomic mass is 10.1. The van der Waals surface area contributed by atoms with Crippen LogP contribution in [0.3, 0.4) is 0 Å². The third-order valence-electron chi connectivity index (χ3n) is 3.34. The number of nitrogens with two attached hydrogens (primary N) is 1. The quantitative estimate of drug-likeness (QED) is 0.921. The van der Waals surface area contributed by atoms with Crippen molar-refractivity contribution < 1.29 is 12.8 Å². The Kier molecular flexibility index (Phi) is 5.32. The highest BCUT2D eigenvalue weighted by molar-refractivity contribution is 7.89. The summed E-state index contributed by atoms with van der Waals surface area (Å²) in [6, 6.07) is 4.29. The minimum Gasteiger partial charge on any atom is -0.330 e. The summed E-state index contributed by atoms with van der Waals surface area (Å²) in [6.07, 6.45) is 0.739. The van der Waals surface area contributed by atoms with Gasteiger partial charge in [-0.2, -0.15) is 4.31 Å². The van der Waals surface area contributed by atoms with Crippen LogP contribution < -0.4 is 5.73 Å². The first kappa shape index (κ1) is 16.4. The monoisotopic (exact) mass is 308 g/mol. The molecule has 7 heteroatoms. The van der Waals surface area contributed by atoms with Gasteiger partial charge in [0.2, 0.25) is 10.0 Å². The average molecular weight is 309 g/mol. The molecule has 0 saturated carbocycles. The van der Waals surface area contributed by atoms with Crippen LogP contribution in [0.2, 0.25) is 0 Å². The molecular formula is C12H18ClFN2O2S. The number of hydrogen-bond donors (Lipinski definition) is 1. The number of aryl methyl sites for hydroxylation is 1. The number of hydrogen-bond acceptors (Lipinski definition) is 3. The number of rotatable bonds is 3. The molecule has 1 heterocycles. The van der Waals surface area contributed by atoms with Crippen molar-refractivity contribution in [2.75, 3.05) is 19.6 Å². The summed E-state index contributed by atoms with van der Waals surface area (Å²) in [5, 5.41) is 0. The maximum atomic E-state index is 13.7. The molecule has 1 fully saturated rings. The number of halogens is 2. The minimum atomic E-state index is -3.74. The van der Waals surface area contributed by atoms with E-state index in [1.165, 1.54) is 16.4 Å². The lowest BCUT2D eigenvalue weighted by Crippen LogP contribution is -2.31. The van der Waals surface area contributed by atoms with E-state index in [1.54, 1.807) is 13.0 Å². The maximum Gasteiger partial charge on any atom is 0.246 e. The Balaban J connectivity index is 0.00000180. The Bertz CT molecular complexity index is 530. The first-order chi connectivity index (χ1) is 8.46. The first-order valence-corrected chi connectivity index (χ1v) is 7.36. The number of nitrogens with zero attached hydrogens (tertiary/aromatic N) is 1. The third kappa shape index (κ3) is 3.08. The highest BCUT2D eigenvalue weighted by Gasteiger charge is 2.34. The summed E-state index contributed by atoms with van der Waals surface area (Å²) in [6.45, 7) is 2.86. The highest BCUT2D eigenvalue weighted by atomic mass is 35.5. The Morgan fingerprint density at radius 2 is 2.16 bits per heavy atom. The Labute approximate surface area is 119 Å². The zero-order chi connectivity index (χ0) is 13.3. The Morgan fingerprint density at radius 3 is 2.68 bits per heavy atom. The molecule has 2 N–H and O–H groups in total. The summed E-state index contributed by atoms with van der Waals surface area (Å²) in [4.78, 5) is -0.206. The molecule has 0 radical (unpaired) electrons. The SMILES string of the molecule is Cc1cccc(F)c1S(=O)(=O)N1CCC(CN)C1.Cl. The molecule has 108 valence electrons. The highest BCUT2D eigenvalue weighted by Crippen LogP contribution is 2.27. The fourth-order valence-corrected chi connectivity index (χ4v) is 4.08. The van der Waals surface area contributed by atoms with Gasteiger partial charge in [0.15, 0.2) is 0 Å².